The zero-order valence-electron chi connectivity index (χ0n) is 15.3. The van der Waals surface area contributed by atoms with Crippen molar-refractivity contribution in [2.75, 3.05) is 20.6 Å². The molecule has 0 aromatic heterocycles. The van der Waals surface area contributed by atoms with Gasteiger partial charge in [-0.2, -0.15) is 0 Å². The molecule has 0 amide bonds. The molecule has 2 aromatic rings. The van der Waals surface area contributed by atoms with Gasteiger partial charge in [-0.05, 0) is 74.3 Å². The van der Waals surface area contributed by atoms with Crippen molar-refractivity contribution in [3.8, 4) is 0 Å². The summed E-state index contributed by atoms with van der Waals surface area (Å²) < 4.78 is 0. The van der Waals surface area contributed by atoms with Gasteiger partial charge in [-0.25, -0.2) is 0 Å². The van der Waals surface area contributed by atoms with Gasteiger partial charge < -0.3 is 10.0 Å². The normalized spacial score (nSPS) is 25.0. The summed E-state index contributed by atoms with van der Waals surface area (Å²) in [5.41, 5.74) is 1.94. The average Bonchev–Trinajstić information content (AvgIpc) is 2.60. The number of hydrogen-bond acceptors (Lipinski definition) is 2. The molecule has 1 aliphatic rings. The SMILES string of the molecule is CN(C)CC1CCC/C(=C\c2ccc(Cl)cc2)C1(O)c1cccc(Cl)c1. The predicted octanol–water partition coefficient (Wildman–Crippen LogP) is 5.63. The Kier molecular flexibility index (Phi) is 6.09. The summed E-state index contributed by atoms with van der Waals surface area (Å²) in [6, 6.07) is 15.4. The van der Waals surface area contributed by atoms with Crippen LogP contribution in [-0.4, -0.2) is 30.6 Å². The molecule has 3 rings (SSSR count). The molecular formula is C22H25Cl2NO. The summed E-state index contributed by atoms with van der Waals surface area (Å²) in [6.07, 6.45) is 5.04. The Hall–Kier alpha value is -1.32. The first-order valence-electron chi connectivity index (χ1n) is 8.99. The molecule has 1 fully saturated rings. The van der Waals surface area contributed by atoms with E-state index >= 15 is 0 Å². The lowest BCUT2D eigenvalue weighted by atomic mass is 9.67. The van der Waals surface area contributed by atoms with Gasteiger partial charge in [0, 0.05) is 22.5 Å². The number of halogens is 2. The first kappa shape index (κ1) is 19.4. The second-order valence-corrected chi connectivity index (χ2v) is 8.22. The highest BCUT2D eigenvalue weighted by Crippen LogP contribution is 2.46. The molecule has 138 valence electrons. The van der Waals surface area contributed by atoms with Crippen LogP contribution >= 0.6 is 23.2 Å². The number of hydrogen-bond donors (Lipinski definition) is 1. The third kappa shape index (κ3) is 4.15. The van der Waals surface area contributed by atoms with E-state index in [1.807, 2.05) is 48.5 Å². The highest BCUT2D eigenvalue weighted by atomic mass is 35.5. The summed E-state index contributed by atoms with van der Waals surface area (Å²) in [7, 11) is 4.10. The largest absolute Gasteiger partial charge is 0.380 e. The fraction of sp³-hybridized carbons (Fsp3) is 0.364. The van der Waals surface area contributed by atoms with Gasteiger partial charge in [0.2, 0.25) is 0 Å². The van der Waals surface area contributed by atoms with E-state index in [0.717, 1.165) is 42.5 Å². The van der Waals surface area contributed by atoms with E-state index < -0.39 is 5.60 Å². The van der Waals surface area contributed by atoms with Crippen LogP contribution < -0.4 is 0 Å². The summed E-state index contributed by atoms with van der Waals surface area (Å²) in [5, 5.41) is 13.3. The van der Waals surface area contributed by atoms with Crippen LogP contribution in [0.4, 0.5) is 0 Å². The van der Waals surface area contributed by atoms with E-state index in [0.29, 0.717) is 10.0 Å². The summed E-state index contributed by atoms with van der Waals surface area (Å²) in [6.45, 7) is 0.820. The quantitative estimate of drug-likeness (QED) is 0.732. The van der Waals surface area contributed by atoms with E-state index in [2.05, 4.69) is 25.1 Å². The van der Waals surface area contributed by atoms with E-state index in [-0.39, 0.29) is 5.92 Å². The Morgan fingerprint density at radius 3 is 2.50 bits per heavy atom. The minimum absolute atomic E-state index is 0.114. The molecule has 2 aromatic carbocycles. The Labute approximate surface area is 166 Å². The van der Waals surface area contributed by atoms with Gasteiger partial charge in [0.1, 0.15) is 5.60 Å². The second-order valence-electron chi connectivity index (χ2n) is 7.35. The summed E-state index contributed by atoms with van der Waals surface area (Å²) in [4.78, 5) is 2.14. The van der Waals surface area contributed by atoms with Crippen LogP contribution in [0.1, 0.15) is 30.4 Å². The summed E-state index contributed by atoms with van der Waals surface area (Å²) >= 11 is 12.3. The highest BCUT2D eigenvalue weighted by molar-refractivity contribution is 6.30. The fourth-order valence-electron chi connectivity index (χ4n) is 3.95. The molecule has 2 unspecified atom stereocenters. The lowest BCUT2D eigenvalue weighted by molar-refractivity contribution is -0.0174. The van der Waals surface area contributed by atoms with Crippen molar-refractivity contribution in [1.82, 2.24) is 4.90 Å². The maximum atomic E-state index is 12.0. The van der Waals surface area contributed by atoms with Crippen LogP contribution in [0.5, 0.6) is 0 Å². The molecule has 0 aliphatic heterocycles. The third-order valence-corrected chi connectivity index (χ3v) is 5.63. The lowest BCUT2D eigenvalue weighted by Crippen LogP contribution is -2.44. The average molecular weight is 390 g/mol. The maximum absolute atomic E-state index is 12.0. The molecule has 0 bridgehead atoms. The number of rotatable bonds is 4. The number of benzene rings is 2. The molecule has 4 heteroatoms. The van der Waals surface area contributed by atoms with Crippen LogP contribution in [0.15, 0.2) is 54.1 Å². The smallest absolute Gasteiger partial charge is 0.115 e. The molecule has 0 heterocycles. The lowest BCUT2D eigenvalue weighted by Gasteiger charge is -2.44. The summed E-state index contributed by atoms with van der Waals surface area (Å²) in [5.74, 6) is 0.114. The molecule has 1 aliphatic carbocycles. The molecular weight excluding hydrogens is 365 g/mol. The Morgan fingerprint density at radius 1 is 1.12 bits per heavy atom. The van der Waals surface area contributed by atoms with Crippen molar-refractivity contribution in [2.24, 2.45) is 5.92 Å². The van der Waals surface area contributed by atoms with Gasteiger partial charge in [-0.3, -0.25) is 0 Å². The maximum Gasteiger partial charge on any atom is 0.115 e. The van der Waals surface area contributed by atoms with Gasteiger partial charge in [-0.15, -0.1) is 0 Å². The fourth-order valence-corrected chi connectivity index (χ4v) is 4.27. The van der Waals surface area contributed by atoms with E-state index in [9.17, 15) is 5.11 Å². The first-order chi connectivity index (χ1) is 12.4. The zero-order valence-corrected chi connectivity index (χ0v) is 16.8. The van der Waals surface area contributed by atoms with Crippen LogP contribution in [-0.2, 0) is 5.60 Å². The van der Waals surface area contributed by atoms with Crippen molar-refractivity contribution in [3.05, 3.63) is 75.3 Å². The highest BCUT2D eigenvalue weighted by Gasteiger charge is 2.44. The van der Waals surface area contributed by atoms with Gasteiger partial charge in [-0.1, -0.05) is 53.5 Å². The van der Waals surface area contributed by atoms with Gasteiger partial charge in [0.15, 0.2) is 0 Å². The minimum atomic E-state index is -1.02. The van der Waals surface area contributed by atoms with Crippen molar-refractivity contribution in [2.45, 2.75) is 24.9 Å². The Bertz CT molecular complexity index is 785. The van der Waals surface area contributed by atoms with Crippen molar-refractivity contribution >= 4 is 29.3 Å². The Morgan fingerprint density at radius 2 is 1.85 bits per heavy atom. The molecule has 2 nitrogen and oxygen atoms in total. The van der Waals surface area contributed by atoms with E-state index in [1.165, 1.54) is 0 Å². The van der Waals surface area contributed by atoms with Gasteiger partial charge in [0.25, 0.3) is 0 Å². The molecule has 2 atom stereocenters. The minimum Gasteiger partial charge on any atom is -0.380 e. The molecule has 1 saturated carbocycles. The van der Waals surface area contributed by atoms with Crippen molar-refractivity contribution < 1.29 is 5.11 Å². The van der Waals surface area contributed by atoms with Gasteiger partial charge in [0.05, 0.1) is 0 Å². The number of aliphatic hydroxyl groups is 1. The monoisotopic (exact) mass is 389 g/mol. The Balaban J connectivity index is 2.09. The molecule has 0 radical (unpaired) electrons. The van der Waals surface area contributed by atoms with Gasteiger partial charge >= 0.3 is 0 Å². The van der Waals surface area contributed by atoms with Crippen LogP contribution in [0.2, 0.25) is 10.0 Å². The van der Waals surface area contributed by atoms with E-state index in [1.54, 1.807) is 0 Å². The van der Waals surface area contributed by atoms with Crippen LogP contribution in [0.25, 0.3) is 6.08 Å². The zero-order chi connectivity index (χ0) is 18.7. The van der Waals surface area contributed by atoms with E-state index in [4.69, 9.17) is 23.2 Å². The van der Waals surface area contributed by atoms with Crippen molar-refractivity contribution in [3.63, 3.8) is 0 Å². The topological polar surface area (TPSA) is 23.5 Å². The first-order valence-corrected chi connectivity index (χ1v) is 9.75. The standard InChI is InChI=1S/C22H25Cl2NO/c1-25(2)15-19-7-3-5-17(13-16-9-11-20(23)12-10-16)22(19,26)18-6-4-8-21(24)14-18/h4,6,8-14,19,26H,3,5,7,15H2,1-2H3/b17-13+. The van der Waals surface area contributed by atoms with Crippen LogP contribution in [0.3, 0.4) is 0 Å². The van der Waals surface area contributed by atoms with Crippen LogP contribution in [0, 0.1) is 5.92 Å². The predicted molar refractivity (Wildman–Crippen MR) is 111 cm³/mol. The second kappa shape index (κ2) is 8.14. The van der Waals surface area contributed by atoms with Crippen molar-refractivity contribution in [1.29, 1.82) is 0 Å². The molecule has 0 spiro atoms. The molecule has 0 saturated heterocycles. The molecule has 1 N–H and O–H groups in total. The third-order valence-electron chi connectivity index (χ3n) is 5.14. The molecule has 26 heavy (non-hydrogen) atoms. The number of nitrogens with zero attached hydrogens (tertiary/aromatic N) is 1.